The maximum absolute atomic E-state index is 11.8. The van der Waals surface area contributed by atoms with E-state index in [9.17, 15) is 4.79 Å². The van der Waals surface area contributed by atoms with Gasteiger partial charge in [0.05, 0.1) is 0 Å². The third-order valence-electron chi connectivity index (χ3n) is 4.37. The number of hydrogen-bond donors (Lipinski definition) is 2. The maximum Gasteiger partial charge on any atom is 0.220 e. The van der Waals surface area contributed by atoms with Gasteiger partial charge in [0, 0.05) is 31.6 Å². The Hall–Kier alpha value is -0.610. The number of carbonyl (C=O) groups is 1. The van der Waals surface area contributed by atoms with E-state index in [1.54, 1.807) is 0 Å². The van der Waals surface area contributed by atoms with Crippen LogP contribution in [0.2, 0.25) is 0 Å². The molecule has 18 heavy (non-hydrogen) atoms. The fourth-order valence-corrected chi connectivity index (χ4v) is 2.87. The van der Waals surface area contributed by atoms with Crippen LogP contribution in [0, 0.1) is 5.92 Å². The van der Waals surface area contributed by atoms with Crippen molar-refractivity contribution in [3.8, 4) is 0 Å². The van der Waals surface area contributed by atoms with E-state index < -0.39 is 0 Å². The van der Waals surface area contributed by atoms with Gasteiger partial charge in [0.25, 0.3) is 0 Å². The van der Waals surface area contributed by atoms with E-state index in [0.29, 0.717) is 12.3 Å². The van der Waals surface area contributed by atoms with E-state index in [2.05, 4.69) is 17.3 Å². The van der Waals surface area contributed by atoms with E-state index >= 15 is 0 Å². The van der Waals surface area contributed by atoms with Crippen molar-refractivity contribution < 1.29 is 4.79 Å². The van der Waals surface area contributed by atoms with E-state index in [-0.39, 0.29) is 11.9 Å². The second-order valence-corrected chi connectivity index (χ2v) is 5.97. The van der Waals surface area contributed by atoms with E-state index in [1.807, 2.05) is 0 Å². The summed E-state index contributed by atoms with van der Waals surface area (Å²) in [7, 11) is 2.14. The minimum absolute atomic E-state index is 0.182. The predicted molar refractivity (Wildman–Crippen MR) is 73.2 cm³/mol. The summed E-state index contributed by atoms with van der Waals surface area (Å²) in [6, 6.07) is 1.01. The molecule has 2 aliphatic rings. The van der Waals surface area contributed by atoms with Gasteiger partial charge in [-0.3, -0.25) is 4.79 Å². The first-order valence-electron chi connectivity index (χ1n) is 7.39. The van der Waals surface area contributed by atoms with Crippen LogP contribution in [-0.2, 0) is 4.79 Å². The van der Waals surface area contributed by atoms with Crippen molar-refractivity contribution >= 4 is 5.91 Å². The molecule has 0 heterocycles. The fraction of sp³-hybridized carbons (Fsp3) is 0.929. The Balaban J connectivity index is 1.59. The number of hydrogen-bond acceptors (Lipinski definition) is 3. The number of amides is 1. The number of nitrogens with two attached hydrogens (primary N) is 1. The number of rotatable bonds is 6. The minimum atomic E-state index is 0.182. The number of likely N-dealkylation sites (N-methyl/N-ethyl adjacent to an activating group) is 1. The Labute approximate surface area is 110 Å². The molecule has 1 amide bonds. The van der Waals surface area contributed by atoms with E-state index in [4.69, 9.17) is 5.73 Å². The molecular formula is C14H27N3O. The van der Waals surface area contributed by atoms with Crippen LogP contribution in [-0.4, -0.2) is 43.0 Å². The zero-order valence-corrected chi connectivity index (χ0v) is 11.5. The molecule has 2 aliphatic carbocycles. The molecule has 0 saturated heterocycles. The Morgan fingerprint density at radius 2 is 2.00 bits per heavy atom. The molecule has 0 aromatic rings. The summed E-state index contributed by atoms with van der Waals surface area (Å²) < 4.78 is 0. The Morgan fingerprint density at radius 1 is 1.28 bits per heavy atom. The highest BCUT2D eigenvalue weighted by atomic mass is 16.1. The molecular weight excluding hydrogens is 226 g/mol. The van der Waals surface area contributed by atoms with Crippen molar-refractivity contribution in [2.45, 2.75) is 57.0 Å². The molecule has 0 aromatic heterocycles. The molecule has 2 atom stereocenters. The second-order valence-electron chi connectivity index (χ2n) is 5.97. The molecule has 0 bridgehead atoms. The molecule has 4 nitrogen and oxygen atoms in total. The van der Waals surface area contributed by atoms with Crippen molar-refractivity contribution in [3.05, 3.63) is 0 Å². The lowest BCUT2D eigenvalue weighted by atomic mass is 9.83. The smallest absolute Gasteiger partial charge is 0.220 e. The molecule has 2 unspecified atom stereocenters. The molecule has 0 aliphatic heterocycles. The van der Waals surface area contributed by atoms with Crippen LogP contribution < -0.4 is 11.1 Å². The van der Waals surface area contributed by atoms with Crippen LogP contribution in [0.25, 0.3) is 0 Å². The van der Waals surface area contributed by atoms with Crippen LogP contribution in [0.3, 0.4) is 0 Å². The Kier molecular flexibility index (Phi) is 5.01. The number of carbonyl (C=O) groups excluding carboxylic acids is 1. The van der Waals surface area contributed by atoms with Crippen LogP contribution >= 0.6 is 0 Å². The van der Waals surface area contributed by atoms with Gasteiger partial charge in [0.1, 0.15) is 0 Å². The number of nitrogens with zero attached hydrogens (tertiary/aromatic N) is 1. The van der Waals surface area contributed by atoms with Crippen LogP contribution in [0.1, 0.15) is 44.9 Å². The summed E-state index contributed by atoms with van der Waals surface area (Å²) in [6.45, 7) is 1.74. The summed E-state index contributed by atoms with van der Waals surface area (Å²) in [5, 5.41) is 3.03. The predicted octanol–water partition coefficient (Wildman–Crippen LogP) is 1.10. The van der Waals surface area contributed by atoms with Gasteiger partial charge >= 0.3 is 0 Å². The normalized spacial score (nSPS) is 28.4. The lowest BCUT2D eigenvalue weighted by Gasteiger charge is -2.28. The van der Waals surface area contributed by atoms with Crippen molar-refractivity contribution in [3.63, 3.8) is 0 Å². The molecule has 2 fully saturated rings. The van der Waals surface area contributed by atoms with Crippen LogP contribution in [0.5, 0.6) is 0 Å². The molecule has 0 spiro atoms. The standard InChI is InChI=1S/C14H27N3O/c1-17(12-6-7-12)9-8-16-14(18)10-11-4-2-3-5-13(11)15/h11-13H,2-10,15H2,1H3,(H,16,18). The van der Waals surface area contributed by atoms with Gasteiger partial charge in [0.15, 0.2) is 0 Å². The molecule has 0 radical (unpaired) electrons. The SMILES string of the molecule is CN(CCNC(=O)CC1CCCCC1N)C1CC1. The molecule has 104 valence electrons. The highest BCUT2D eigenvalue weighted by Gasteiger charge is 2.26. The molecule has 4 heteroatoms. The topological polar surface area (TPSA) is 58.4 Å². The first-order valence-corrected chi connectivity index (χ1v) is 7.39. The minimum Gasteiger partial charge on any atom is -0.355 e. The monoisotopic (exact) mass is 253 g/mol. The van der Waals surface area contributed by atoms with Gasteiger partial charge in [-0.2, -0.15) is 0 Å². The summed E-state index contributed by atoms with van der Waals surface area (Å²) in [6.07, 6.45) is 7.93. The second kappa shape index (κ2) is 6.53. The highest BCUT2D eigenvalue weighted by Crippen LogP contribution is 2.26. The summed E-state index contributed by atoms with van der Waals surface area (Å²) >= 11 is 0. The van der Waals surface area contributed by atoms with Crippen molar-refractivity contribution in [1.82, 2.24) is 10.2 Å². The zero-order valence-electron chi connectivity index (χ0n) is 11.5. The number of nitrogens with one attached hydrogen (secondary N) is 1. The highest BCUT2D eigenvalue weighted by molar-refractivity contribution is 5.76. The lowest BCUT2D eigenvalue weighted by molar-refractivity contribution is -0.122. The first-order chi connectivity index (χ1) is 8.66. The Bertz CT molecular complexity index is 278. The van der Waals surface area contributed by atoms with Crippen LogP contribution in [0.15, 0.2) is 0 Å². The summed E-state index contributed by atoms with van der Waals surface area (Å²) in [4.78, 5) is 14.2. The largest absolute Gasteiger partial charge is 0.355 e. The third kappa shape index (κ3) is 4.25. The van der Waals surface area contributed by atoms with Gasteiger partial charge < -0.3 is 16.0 Å². The first kappa shape index (κ1) is 13.8. The molecule has 2 rings (SSSR count). The van der Waals surface area contributed by atoms with Gasteiger partial charge in [-0.05, 0) is 38.6 Å². The van der Waals surface area contributed by atoms with Crippen molar-refractivity contribution in [1.29, 1.82) is 0 Å². The fourth-order valence-electron chi connectivity index (χ4n) is 2.87. The zero-order chi connectivity index (χ0) is 13.0. The quantitative estimate of drug-likeness (QED) is 0.745. The van der Waals surface area contributed by atoms with Gasteiger partial charge in [-0.1, -0.05) is 12.8 Å². The molecule has 3 N–H and O–H groups in total. The maximum atomic E-state index is 11.8. The average molecular weight is 253 g/mol. The van der Waals surface area contributed by atoms with Gasteiger partial charge in [-0.25, -0.2) is 0 Å². The third-order valence-corrected chi connectivity index (χ3v) is 4.37. The summed E-state index contributed by atoms with van der Waals surface area (Å²) in [5.74, 6) is 0.585. The molecule has 2 saturated carbocycles. The van der Waals surface area contributed by atoms with Gasteiger partial charge in [0.2, 0.25) is 5.91 Å². The lowest BCUT2D eigenvalue weighted by Crippen LogP contribution is -2.39. The van der Waals surface area contributed by atoms with E-state index in [1.165, 1.54) is 25.7 Å². The van der Waals surface area contributed by atoms with Gasteiger partial charge in [-0.15, -0.1) is 0 Å². The molecule has 0 aromatic carbocycles. The summed E-state index contributed by atoms with van der Waals surface area (Å²) in [5.41, 5.74) is 6.06. The van der Waals surface area contributed by atoms with E-state index in [0.717, 1.165) is 32.0 Å². The van der Waals surface area contributed by atoms with Crippen molar-refractivity contribution in [2.75, 3.05) is 20.1 Å². The Morgan fingerprint density at radius 3 is 2.67 bits per heavy atom. The van der Waals surface area contributed by atoms with Crippen molar-refractivity contribution in [2.24, 2.45) is 11.7 Å². The average Bonchev–Trinajstić information content (AvgIpc) is 3.16. The van der Waals surface area contributed by atoms with Crippen LogP contribution in [0.4, 0.5) is 0 Å².